The molecule has 0 atom stereocenters. The minimum absolute atomic E-state index is 0. The summed E-state index contributed by atoms with van der Waals surface area (Å²) in [5, 5.41) is 2.85. The Morgan fingerprint density at radius 1 is 1.19 bits per heavy atom. The van der Waals surface area contributed by atoms with Crippen LogP contribution in [0.25, 0.3) is 0 Å². The second kappa shape index (κ2) is 11.0. The van der Waals surface area contributed by atoms with Gasteiger partial charge in [-0.3, -0.25) is 9.59 Å². The van der Waals surface area contributed by atoms with Gasteiger partial charge in [-0.15, -0.1) is 12.4 Å². The van der Waals surface area contributed by atoms with Gasteiger partial charge in [0.25, 0.3) is 5.91 Å². The van der Waals surface area contributed by atoms with Crippen molar-refractivity contribution in [3.8, 4) is 0 Å². The lowest BCUT2D eigenvalue weighted by atomic mass is 10.1. The van der Waals surface area contributed by atoms with Gasteiger partial charge in [-0.1, -0.05) is 18.9 Å². The Kier molecular flexibility index (Phi) is 10.1. The van der Waals surface area contributed by atoms with Crippen LogP contribution in [0.4, 0.5) is 5.69 Å². The number of amides is 1. The zero-order valence-corrected chi connectivity index (χ0v) is 13.1. The van der Waals surface area contributed by atoms with Crippen LogP contribution < -0.4 is 11.1 Å². The van der Waals surface area contributed by atoms with Gasteiger partial charge in [0.2, 0.25) is 0 Å². The summed E-state index contributed by atoms with van der Waals surface area (Å²) in [7, 11) is 1.40. The maximum atomic E-state index is 11.8. The Morgan fingerprint density at radius 3 is 2.57 bits per heavy atom. The van der Waals surface area contributed by atoms with Crippen molar-refractivity contribution in [3.05, 3.63) is 29.8 Å². The summed E-state index contributed by atoms with van der Waals surface area (Å²) in [5.74, 6) is -0.271. The molecule has 21 heavy (non-hydrogen) atoms. The molecule has 0 heterocycles. The smallest absolute Gasteiger partial charge is 0.305 e. The van der Waals surface area contributed by atoms with E-state index in [1.807, 2.05) is 0 Å². The van der Waals surface area contributed by atoms with Crippen molar-refractivity contribution in [3.63, 3.8) is 0 Å². The zero-order valence-electron chi connectivity index (χ0n) is 12.3. The number of hydrogen-bond donors (Lipinski definition) is 2. The standard InChI is InChI=1S/C15H22N2O3.ClH/c1-20-14(18)9-4-2-3-5-10-17-15(19)12-7-6-8-13(16)11-12;/h6-8,11H,2-5,9-10,16H2,1H3,(H,17,19);1H. The molecule has 118 valence electrons. The molecule has 1 amide bonds. The predicted molar refractivity (Wildman–Crippen MR) is 85.5 cm³/mol. The van der Waals surface area contributed by atoms with Crippen molar-refractivity contribution < 1.29 is 14.3 Å². The summed E-state index contributed by atoms with van der Waals surface area (Å²) in [4.78, 5) is 22.7. The number of nitrogens with one attached hydrogen (secondary N) is 1. The lowest BCUT2D eigenvalue weighted by molar-refractivity contribution is -0.140. The molecule has 1 aromatic carbocycles. The van der Waals surface area contributed by atoms with Crippen molar-refractivity contribution in [2.75, 3.05) is 19.4 Å². The van der Waals surface area contributed by atoms with Crippen LogP contribution in [0.15, 0.2) is 24.3 Å². The molecule has 0 unspecified atom stereocenters. The third-order valence-corrected chi connectivity index (χ3v) is 2.97. The molecular formula is C15H23ClN2O3. The van der Waals surface area contributed by atoms with Crippen molar-refractivity contribution in [1.82, 2.24) is 5.32 Å². The molecule has 0 saturated carbocycles. The topological polar surface area (TPSA) is 81.4 Å². The average Bonchev–Trinajstić information content (AvgIpc) is 2.45. The monoisotopic (exact) mass is 314 g/mol. The maximum Gasteiger partial charge on any atom is 0.305 e. The van der Waals surface area contributed by atoms with Crippen LogP contribution in [0, 0.1) is 0 Å². The maximum absolute atomic E-state index is 11.8. The summed E-state index contributed by atoms with van der Waals surface area (Å²) in [6.45, 7) is 0.631. The van der Waals surface area contributed by atoms with E-state index in [4.69, 9.17) is 5.73 Å². The molecular weight excluding hydrogens is 292 g/mol. The first-order valence-corrected chi connectivity index (χ1v) is 6.84. The number of halogens is 1. The Labute approximate surface area is 131 Å². The van der Waals surface area contributed by atoms with Crippen LogP contribution in [0.1, 0.15) is 42.5 Å². The summed E-state index contributed by atoms with van der Waals surface area (Å²) < 4.78 is 4.56. The van der Waals surface area contributed by atoms with E-state index < -0.39 is 0 Å². The highest BCUT2D eigenvalue weighted by Gasteiger charge is 2.04. The number of carbonyl (C=O) groups is 2. The zero-order chi connectivity index (χ0) is 14.8. The van der Waals surface area contributed by atoms with Crippen LogP contribution >= 0.6 is 12.4 Å². The number of carbonyl (C=O) groups excluding carboxylic acids is 2. The van der Waals surface area contributed by atoms with Gasteiger partial charge in [0.05, 0.1) is 7.11 Å². The SMILES string of the molecule is COC(=O)CCCCCCNC(=O)c1cccc(N)c1.Cl. The largest absolute Gasteiger partial charge is 0.469 e. The van der Waals surface area contributed by atoms with Crippen LogP contribution in [-0.4, -0.2) is 25.5 Å². The lowest BCUT2D eigenvalue weighted by Crippen LogP contribution is -2.24. The molecule has 0 aliphatic rings. The highest BCUT2D eigenvalue weighted by molar-refractivity contribution is 5.94. The van der Waals surface area contributed by atoms with E-state index in [-0.39, 0.29) is 24.3 Å². The fraction of sp³-hybridized carbons (Fsp3) is 0.467. The number of nitrogen functional groups attached to an aromatic ring is 1. The van der Waals surface area contributed by atoms with E-state index >= 15 is 0 Å². The second-order valence-electron chi connectivity index (χ2n) is 4.62. The number of esters is 1. The molecule has 1 aromatic rings. The molecule has 3 N–H and O–H groups in total. The molecule has 0 aromatic heterocycles. The van der Waals surface area contributed by atoms with E-state index in [1.54, 1.807) is 24.3 Å². The normalized spacial score (nSPS) is 9.57. The Morgan fingerprint density at radius 2 is 1.90 bits per heavy atom. The second-order valence-corrected chi connectivity index (χ2v) is 4.62. The van der Waals surface area contributed by atoms with Crippen molar-refractivity contribution in [1.29, 1.82) is 0 Å². The molecule has 6 heteroatoms. The number of anilines is 1. The van der Waals surface area contributed by atoms with Crippen LogP contribution in [0.5, 0.6) is 0 Å². The molecule has 0 aliphatic carbocycles. The van der Waals surface area contributed by atoms with Gasteiger partial charge in [-0.05, 0) is 31.0 Å². The number of nitrogens with two attached hydrogens (primary N) is 1. The highest BCUT2D eigenvalue weighted by Crippen LogP contribution is 2.07. The fourth-order valence-electron chi connectivity index (χ4n) is 1.83. The highest BCUT2D eigenvalue weighted by atomic mass is 35.5. The van der Waals surface area contributed by atoms with Gasteiger partial charge in [0.15, 0.2) is 0 Å². The Balaban J connectivity index is 0.00000400. The van der Waals surface area contributed by atoms with E-state index in [1.165, 1.54) is 7.11 Å². The predicted octanol–water partition coefficient (Wildman–Crippen LogP) is 2.54. The molecule has 1 rings (SSSR count). The Bertz CT molecular complexity index is 452. The van der Waals surface area contributed by atoms with Crippen molar-refractivity contribution >= 4 is 30.0 Å². The van der Waals surface area contributed by atoms with Crippen molar-refractivity contribution in [2.45, 2.75) is 32.1 Å². The number of hydrogen-bond acceptors (Lipinski definition) is 4. The number of methoxy groups -OCH3 is 1. The minimum Gasteiger partial charge on any atom is -0.469 e. The summed E-state index contributed by atoms with van der Waals surface area (Å²) in [6, 6.07) is 6.91. The fourth-order valence-corrected chi connectivity index (χ4v) is 1.83. The molecule has 0 saturated heterocycles. The number of rotatable bonds is 8. The van der Waals surface area contributed by atoms with Gasteiger partial charge < -0.3 is 15.8 Å². The first-order chi connectivity index (χ1) is 9.63. The summed E-state index contributed by atoms with van der Waals surface area (Å²) >= 11 is 0. The van der Waals surface area contributed by atoms with Crippen LogP contribution in [0.2, 0.25) is 0 Å². The summed E-state index contributed by atoms with van der Waals surface area (Å²) in [6.07, 6.45) is 4.13. The quantitative estimate of drug-likeness (QED) is 0.439. The molecule has 5 nitrogen and oxygen atoms in total. The van der Waals surface area contributed by atoms with E-state index in [9.17, 15) is 9.59 Å². The van der Waals surface area contributed by atoms with Gasteiger partial charge in [-0.25, -0.2) is 0 Å². The van der Waals surface area contributed by atoms with Crippen LogP contribution in [-0.2, 0) is 9.53 Å². The molecule has 0 spiro atoms. The Hall–Kier alpha value is -1.75. The van der Waals surface area contributed by atoms with Gasteiger partial charge in [0, 0.05) is 24.2 Å². The third-order valence-electron chi connectivity index (χ3n) is 2.97. The average molecular weight is 315 g/mol. The number of unbranched alkanes of at least 4 members (excludes halogenated alkanes) is 3. The molecule has 0 fully saturated rings. The third kappa shape index (κ3) is 8.19. The number of ether oxygens (including phenoxy) is 1. The molecule has 0 bridgehead atoms. The van der Waals surface area contributed by atoms with Crippen molar-refractivity contribution in [2.24, 2.45) is 0 Å². The lowest BCUT2D eigenvalue weighted by Gasteiger charge is -2.05. The van der Waals surface area contributed by atoms with E-state index in [0.29, 0.717) is 24.2 Å². The van der Waals surface area contributed by atoms with Gasteiger partial charge >= 0.3 is 5.97 Å². The first kappa shape index (κ1) is 19.2. The minimum atomic E-state index is -0.167. The molecule has 0 radical (unpaired) electrons. The van der Waals surface area contributed by atoms with E-state index in [2.05, 4.69) is 10.1 Å². The van der Waals surface area contributed by atoms with Gasteiger partial charge in [0.1, 0.15) is 0 Å². The van der Waals surface area contributed by atoms with Gasteiger partial charge in [-0.2, -0.15) is 0 Å². The van der Waals surface area contributed by atoms with Crippen LogP contribution in [0.3, 0.4) is 0 Å². The number of benzene rings is 1. The summed E-state index contributed by atoms with van der Waals surface area (Å²) in [5.41, 5.74) is 6.79. The first-order valence-electron chi connectivity index (χ1n) is 6.84. The molecule has 0 aliphatic heterocycles. The van der Waals surface area contributed by atoms with E-state index in [0.717, 1.165) is 25.7 Å².